The van der Waals surface area contributed by atoms with Crippen molar-refractivity contribution in [2.75, 3.05) is 17.2 Å². The molecule has 2 rings (SSSR count). The van der Waals surface area contributed by atoms with Crippen LogP contribution in [0.25, 0.3) is 0 Å². The second-order valence-electron chi connectivity index (χ2n) is 5.14. The Morgan fingerprint density at radius 2 is 1.76 bits per heavy atom. The van der Waals surface area contributed by atoms with Crippen LogP contribution in [0.5, 0.6) is 0 Å². The van der Waals surface area contributed by atoms with Crippen LogP contribution in [0, 0.1) is 13.8 Å². The highest BCUT2D eigenvalue weighted by molar-refractivity contribution is 5.93. The molecule has 0 atom stereocenters. The van der Waals surface area contributed by atoms with Crippen LogP contribution in [0.2, 0.25) is 0 Å². The zero-order valence-corrected chi connectivity index (χ0v) is 12.3. The molecule has 0 fully saturated rings. The number of anilines is 2. The first-order valence-corrected chi connectivity index (χ1v) is 6.88. The van der Waals surface area contributed by atoms with Gasteiger partial charge < -0.3 is 15.7 Å². The van der Waals surface area contributed by atoms with E-state index in [9.17, 15) is 4.79 Å². The van der Waals surface area contributed by atoms with Crippen molar-refractivity contribution in [1.29, 1.82) is 0 Å². The van der Waals surface area contributed by atoms with Gasteiger partial charge in [-0.25, -0.2) is 0 Å². The van der Waals surface area contributed by atoms with Crippen LogP contribution in [0.15, 0.2) is 42.5 Å². The van der Waals surface area contributed by atoms with Gasteiger partial charge in [-0.1, -0.05) is 18.2 Å². The fraction of sp³-hybridized carbons (Fsp3) is 0.235. The molecular formula is C17H20N2O2. The molecule has 0 bridgehead atoms. The Labute approximate surface area is 124 Å². The van der Waals surface area contributed by atoms with Crippen LogP contribution < -0.4 is 10.6 Å². The van der Waals surface area contributed by atoms with Crippen molar-refractivity contribution < 1.29 is 9.90 Å². The van der Waals surface area contributed by atoms with Crippen LogP contribution >= 0.6 is 0 Å². The minimum Gasteiger partial charge on any atom is -0.392 e. The lowest BCUT2D eigenvalue weighted by atomic mass is 10.1. The summed E-state index contributed by atoms with van der Waals surface area (Å²) in [7, 11) is 0. The monoisotopic (exact) mass is 284 g/mol. The Morgan fingerprint density at radius 3 is 2.43 bits per heavy atom. The summed E-state index contributed by atoms with van der Waals surface area (Å²) in [5.74, 6) is -0.102. The molecule has 2 aromatic rings. The number of aryl methyl sites for hydroxylation is 2. The SMILES string of the molecule is Cc1cc(C)cc(NC(=O)CNc2cccc(CO)c2)c1. The van der Waals surface area contributed by atoms with Crippen molar-refractivity contribution in [2.45, 2.75) is 20.5 Å². The van der Waals surface area contributed by atoms with Crippen LogP contribution in [0.3, 0.4) is 0 Å². The molecule has 0 heterocycles. The molecule has 1 amide bonds. The van der Waals surface area contributed by atoms with E-state index in [2.05, 4.69) is 16.7 Å². The molecule has 110 valence electrons. The van der Waals surface area contributed by atoms with Crippen LogP contribution in [0.4, 0.5) is 11.4 Å². The normalized spacial score (nSPS) is 10.2. The van der Waals surface area contributed by atoms with Crippen molar-refractivity contribution in [2.24, 2.45) is 0 Å². The minimum atomic E-state index is -0.102. The zero-order valence-electron chi connectivity index (χ0n) is 12.3. The lowest BCUT2D eigenvalue weighted by Gasteiger charge is -2.10. The second-order valence-corrected chi connectivity index (χ2v) is 5.14. The highest BCUT2D eigenvalue weighted by Crippen LogP contribution is 2.14. The van der Waals surface area contributed by atoms with Crippen LogP contribution in [0.1, 0.15) is 16.7 Å². The Hall–Kier alpha value is -2.33. The summed E-state index contributed by atoms with van der Waals surface area (Å²) in [6.07, 6.45) is 0. The fourth-order valence-electron chi connectivity index (χ4n) is 2.21. The average molecular weight is 284 g/mol. The number of hydrogen-bond donors (Lipinski definition) is 3. The molecule has 0 saturated heterocycles. The van der Waals surface area contributed by atoms with Gasteiger partial charge in [0.15, 0.2) is 0 Å². The maximum absolute atomic E-state index is 11.9. The number of rotatable bonds is 5. The number of aliphatic hydroxyl groups is 1. The Kier molecular flexibility index (Phi) is 4.95. The number of carbonyl (C=O) groups is 1. The van der Waals surface area contributed by atoms with Gasteiger partial charge in [0, 0.05) is 11.4 Å². The second kappa shape index (κ2) is 6.90. The first-order chi connectivity index (χ1) is 10.1. The van der Waals surface area contributed by atoms with E-state index in [1.165, 1.54) is 0 Å². The predicted octanol–water partition coefficient (Wildman–Crippen LogP) is 2.85. The summed E-state index contributed by atoms with van der Waals surface area (Å²) in [6, 6.07) is 13.3. The van der Waals surface area contributed by atoms with Crippen molar-refractivity contribution in [3.05, 3.63) is 59.2 Å². The molecular weight excluding hydrogens is 264 g/mol. The number of benzene rings is 2. The predicted molar refractivity (Wildman–Crippen MR) is 85.4 cm³/mol. The molecule has 21 heavy (non-hydrogen) atoms. The van der Waals surface area contributed by atoms with Gasteiger partial charge in [-0.2, -0.15) is 0 Å². The van der Waals surface area contributed by atoms with Gasteiger partial charge in [-0.05, 0) is 54.8 Å². The number of hydrogen-bond acceptors (Lipinski definition) is 3. The van der Waals surface area contributed by atoms with E-state index >= 15 is 0 Å². The van der Waals surface area contributed by atoms with E-state index in [1.54, 1.807) is 0 Å². The van der Waals surface area contributed by atoms with Crippen molar-refractivity contribution in [3.63, 3.8) is 0 Å². The quantitative estimate of drug-likeness (QED) is 0.791. The van der Waals surface area contributed by atoms with Gasteiger partial charge in [0.25, 0.3) is 0 Å². The third-order valence-electron chi connectivity index (χ3n) is 3.07. The molecule has 0 spiro atoms. The minimum absolute atomic E-state index is 0.00964. The summed E-state index contributed by atoms with van der Waals surface area (Å²) < 4.78 is 0. The van der Waals surface area contributed by atoms with Crippen LogP contribution in [-0.2, 0) is 11.4 Å². The number of amides is 1. The molecule has 0 aliphatic rings. The van der Waals surface area contributed by atoms with Gasteiger partial charge in [-0.3, -0.25) is 4.79 Å². The summed E-state index contributed by atoms with van der Waals surface area (Å²) in [5.41, 5.74) is 4.68. The van der Waals surface area contributed by atoms with E-state index in [4.69, 9.17) is 5.11 Å². The number of aliphatic hydroxyl groups excluding tert-OH is 1. The molecule has 0 aliphatic carbocycles. The van der Waals surface area contributed by atoms with E-state index in [1.807, 2.05) is 50.2 Å². The van der Waals surface area contributed by atoms with Gasteiger partial charge in [0.05, 0.1) is 13.2 Å². The first-order valence-electron chi connectivity index (χ1n) is 6.88. The maximum Gasteiger partial charge on any atom is 0.243 e. The van der Waals surface area contributed by atoms with Gasteiger partial charge in [0.1, 0.15) is 0 Å². The third-order valence-corrected chi connectivity index (χ3v) is 3.07. The van der Waals surface area contributed by atoms with Gasteiger partial charge in [-0.15, -0.1) is 0 Å². The van der Waals surface area contributed by atoms with Crippen LogP contribution in [-0.4, -0.2) is 17.6 Å². The smallest absolute Gasteiger partial charge is 0.243 e. The topological polar surface area (TPSA) is 61.4 Å². The van der Waals surface area contributed by atoms with E-state index < -0.39 is 0 Å². The highest BCUT2D eigenvalue weighted by atomic mass is 16.3. The lowest BCUT2D eigenvalue weighted by Crippen LogP contribution is -2.21. The number of nitrogens with one attached hydrogen (secondary N) is 2. The molecule has 0 saturated carbocycles. The Morgan fingerprint density at radius 1 is 1.05 bits per heavy atom. The molecule has 3 N–H and O–H groups in total. The number of carbonyl (C=O) groups excluding carboxylic acids is 1. The summed E-state index contributed by atoms with van der Waals surface area (Å²) >= 11 is 0. The largest absolute Gasteiger partial charge is 0.392 e. The summed E-state index contributed by atoms with van der Waals surface area (Å²) in [4.78, 5) is 11.9. The lowest BCUT2D eigenvalue weighted by molar-refractivity contribution is -0.114. The molecule has 0 radical (unpaired) electrons. The summed E-state index contributed by atoms with van der Waals surface area (Å²) in [5, 5.41) is 15.0. The average Bonchev–Trinajstić information content (AvgIpc) is 2.44. The van der Waals surface area contributed by atoms with E-state index in [0.717, 1.165) is 28.1 Å². The standard InChI is InChI=1S/C17H20N2O2/c1-12-6-13(2)8-16(7-12)19-17(21)10-18-15-5-3-4-14(9-15)11-20/h3-9,18,20H,10-11H2,1-2H3,(H,19,21). The fourth-order valence-corrected chi connectivity index (χ4v) is 2.21. The Balaban J connectivity index is 1.92. The zero-order chi connectivity index (χ0) is 15.2. The molecule has 0 aliphatic heterocycles. The van der Waals surface area contributed by atoms with Gasteiger partial charge >= 0.3 is 0 Å². The molecule has 4 nitrogen and oxygen atoms in total. The van der Waals surface area contributed by atoms with E-state index in [0.29, 0.717) is 0 Å². The van der Waals surface area contributed by atoms with Crippen molar-refractivity contribution in [3.8, 4) is 0 Å². The highest BCUT2D eigenvalue weighted by Gasteiger charge is 2.03. The molecule has 0 unspecified atom stereocenters. The van der Waals surface area contributed by atoms with Crippen molar-refractivity contribution in [1.82, 2.24) is 0 Å². The molecule has 2 aromatic carbocycles. The molecule has 0 aromatic heterocycles. The maximum atomic E-state index is 11.9. The summed E-state index contributed by atoms with van der Waals surface area (Å²) in [6.45, 7) is 4.18. The molecule has 4 heteroatoms. The Bertz CT molecular complexity index is 618. The third kappa shape index (κ3) is 4.61. The van der Waals surface area contributed by atoms with E-state index in [-0.39, 0.29) is 19.1 Å². The van der Waals surface area contributed by atoms with Gasteiger partial charge in [0.2, 0.25) is 5.91 Å². The first kappa shape index (κ1) is 15.1. The van der Waals surface area contributed by atoms with Crippen molar-refractivity contribution >= 4 is 17.3 Å².